The van der Waals surface area contributed by atoms with Crippen LogP contribution in [-0.2, 0) is 0 Å². The number of nitrogens with zero attached hydrogens (tertiary/aromatic N) is 2. The Morgan fingerprint density at radius 3 is 1.86 bits per heavy atom. The van der Waals surface area contributed by atoms with Gasteiger partial charge in [-0.05, 0) is 52.1 Å². The van der Waals surface area contributed by atoms with Crippen molar-refractivity contribution in [2.45, 2.75) is 0 Å². The van der Waals surface area contributed by atoms with Gasteiger partial charge in [-0.25, -0.2) is 9.97 Å². The van der Waals surface area contributed by atoms with Gasteiger partial charge in [-0.3, -0.25) is 0 Å². The molecule has 0 saturated carbocycles. The van der Waals surface area contributed by atoms with Crippen LogP contribution in [0.4, 0.5) is 0 Å². The van der Waals surface area contributed by atoms with E-state index in [0.29, 0.717) is 0 Å². The molecule has 11 rings (SSSR count). The highest BCUT2D eigenvalue weighted by Gasteiger charge is 2.17. The first-order valence-corrected chi connectivity index (χ1v) is 18.6. The second-order valence-corrected chi connectivity index (χ2v) is 15.0. The molecule has 0 amide bonds. The maximum atomic E-state index is 6.39. The topological polar surface area (TPSA) is 38.9 Å². The Kier molecular flexibility index (Phi) is 6.29. The number of hydrogen-bond acceptors (Lipinski definition) is 5. The van der Waals surface area contributed by atoms with Crippen molar-refractivity contribution in [1.82, 2.24) is 9.97 Å². The Hall–Kier alpha value is -6.14. The third-order valence-electron chi connectivity index (χ3n) is 9.97. The molecule has 0 fully saturated rings. The first-order chi connectivity index (χ1) is 25.3. The number of hydrogen-bond donors (Lipinski definition) is 0. The van der Waals surface area contributed by atoms with Crippen LogP contribution in [0.25, 0.3) is 107 Å². The third kappa shape index (κ3) is 4.49. The lowest BCUT2D eigenvalue weighted by Gasteiger charge is -2.08. The van der Waals surface area contributed by atoms with Crippen LogP contribution in [0.5, 0.6) is 0 Å². The zero-order valence-electron chi connectivity index (χ0n) is 27.1. The summed E-state index contributed by atoms with van der Waals surface area (Å²) >= 11 is 3.56. The molecule has 0 atom stereocenters. The molecule has 238 valence electrons. The fourth-order valence-corrected chi connectivity index (χ4v) is 9.93. The maximum Gasteiger partial charge on any atom is 0.143 e. The summed E-state index contributed by atoms with van der Waals surface area (Å²) in [6.07, 6.45) is 1.92. The second kappa shape index (κ2) is 11.2. The number of aromatic nitrogens is 2. The molecule has 0 aliphatic heterocycles. The van der Waals surface area contributed by atoms with E-state index in [1.54, 1.807) is 11.3 Å². The van der Waals surface area contributed by atoms with Gasteiger partial charge in [-0.15, -0.1) is 22.7 Å². The van der Waals surface area contributed by atoms with E-state index in [-0.39, 0.29) is 0 Å². The molecule has 4 heterocycles. The zero-order valence-corrected chi connectivity index (χ0v) is 28.8. The molecule has 0 N–H and O–H groups in total. The van der Waals surface area contributed by atoms with Crippen molar-refractivity contribution in [2.24, 2.45) is 0 Å². The highest BCUT2D eigenvalue weighted by Crippen LogP contribution is 2.43. The van der Waals surface area contributed by atoms with E-state index in [2.05, 4.69) is 140 Å². The average molecular weight is 687 g/mol. The van der Waals surface area contributed by atoms with Crippen molar-refractivity contribution in [2.75, 3.05) is 0 Å². The van der Waals surface area contributed by atoms with E-state index in [4.69, 9.17) is 14.4 Å². The quantitative estimate of drug-likeness (QED) is 0.185. The number of furan rings is 1. The molecular formula is C46H26N2OS2. The van der Waals surface area contributed by atoms with E-state index in [0.717, 1.165) is 65.6 Å². The number of fused-ring (bicyclic) bond motifs is 9. The summed E-state index contributed by atoms with van der Waals surface area (Å²) in [5, 5.41) is 6.01. The minimum atomic E-state index is 0.874. The van der Waals surface area contributed by atoms with Crippen molar-refractivity contribution >= 4 is 85.2 Å². The minimum Gasteiger partial charge on any atom is -0.455 e. The summed E-state index contributed by atoms with van der Waals surface area (Å²) in [4.78, 5) is 11.2. The van der Waals surface area contributed by atoms with Gasteiger partial charge in [-0.1, -0.05) is 127 Å². The van der Waals surface area contributed by atoms with Crippen molar-refractivity contribution in [3.8, 4) is 44.6 Å². The van der Waals surface area contributed by atoms with Crippen LogP contribution in [0.2, 0.25) is 0 Å². The number of benzene rings is 7. The van der Waals surface area contributed by atoms with Crippen molar-refractivity contribution < 1.29 is 4.42 Å². The van der Waals surface area contributed by atoms with Crippen LogP contribution in [-0.4, -0.2) is 9.97 Å². The van der Waals surface area contributed by atoms with Gasteiger partial charge < -0.3 is 4.42 Å². The molecule has 0 unspecified atom stereocenters. The summed E-state index contributed by atoms with van der Waals surface area (Å²) in [7, 11) is 0. The molecule has 3 nitrogen and oxygen atoms in total. The van der Waals surface area contributed by atoms with E-state index in [1.807, 2.05) is 29.7 Å². The maximum absolute atomic E-state index is 6.39. The predicted octanol–water partition coefficient (Wildman–Crippen LogP) is 13.8. The van der Waals surface area contributed by atoms with Crippen LogP contribution in [0, 0.1) is 0 Å². The van der Waals surface area contributed by atoms with E-state index in [1.165, 1.54) is 41.6 Å². The summed E-state index contributed by atoms with van der Waals surface area (Å²) in [5.74, 6) is 0. The number of para-hydroxylation sites is 2. The smallest absolute Gasteiger partial charge is 0.143 e. The normalized spacial score (nSPS) is 11.9. The van der Waals surface area contributed by atoms with Gasteiger partial charge in [0.15, 0.2) is 0 Å². The molecule has 0 spiro atoms. The molecule has 0 saturated heterocycles. The lowest BCUT2D eigenvalue weighted by Crippen LogP contribution is -1.87. The zero-order chi connectivity index (χ0) is 33.5. The Morgan fingerprint density at radius 1 is 0.451 bits per heavy atom. The first kappa shape index (κ1) is 28.7. The Bertz CT molecular complexity index is 3170. The van der Waals surface area contributed by atoms with Crippen molar-refractivity contribution in [1.29, 1.82) is 0 Å². The summed E-state index contributed by atoms with van der Waals surface area (Å²) < 4.78 is 10.2. The lowest BCUT2D eigenvalue weighted by atomic mass is 9.97. The number of rotatable bonds is 4. The van der Waals surface area contributed by atoms with Gasteiger partial charge in [0.05, 0.1) is 11.9 Å². The third-order valence-corrected chi connectivity index (χ3v) is 12.3. The van der Waals surface area contributed by atoms with Gasteiger partial charge in [0.25, 0.3) is 0 Å². The summed E-state index contributed by atoms with van der Waals surface area (Å²) in [5.41, 5.74) is 11.7. The summed E-state index contributed by atoms with van der Waals surface area (Å²) in [6.45, 7) is 0. The van der Waals surface area contributed by atoms with E-state index >= 15 is 0 Å². The van der Waals surface area contributed by atoms with Crippen LogP contribution < -0.4 is 0 Å². The second-order valence-electron chi connectivity index (χ2n) is 12.9. The molecule has 5 heteroatoms. The Morgan fingerprint density at radius 2 is 1.04 bits per heavy atom. The van der Waals surface area contributed by atoms with Crippen LogP contribution in [0.3, 0.4) is 0 Å². The highest BCUT2D eigenvalue weighted by molar-refractivity contribution is 7.26. The first-order valence-electron chi connectivity index (χ1n) is 17.0. The fourth-order valence-electron chi connectivity index (χ4n) is 7.57. The minimum absolute atomic E-state index is 0.874. The molecule has 0 aliphatic rings. The Labute approximate surface area is 300 Å². The van der Waals surface area contributed by atoms with E-state index < -0.39 is 0 Å². The monoisotopic (exact) mass is 686 g/mol. The SMILES string of the molecule is c1cc(-c2cnc3sc4c(-c5cccc(-c6cccc7c6oc6ccccc67)c5)cccc4c3n2)cc(-c2cccc3c2sc2ccccc23)c1. The van der Waals surface area contributed by atoms with Gasteiger partial charge in [0.2, 0.25) is 0 Å². The number of thiophene rings is 2. The molecule has 11 aromatic rings. The van der Waals surface area contributed by atoms with Crippen LogP contribution in [0.15, 0.2) is 162 Å². The largest absolute Gasteiger partial charge is 0.455 e. The van der Waals surface area contributed by atoms with Gasteiger partial charge in [-0.2, -0.15) is 0 Å². The average Bonchev–Trinajstić information content (AvgIpc) is 3.89. The summed E-state index contributed by atoms with van der Waals surface area (Å²) in [6, 6.07) is 54.0. The Balaban J connectivity index is 1.00. The van der Waals surface area contributed by atoms with Crippen LogP contribution >= 0.6 is 22.7 Å². The van der Waals surface area contributed by atoms with Crippen LogP contribution in [0.1, 0.15) is 0 Å². The molecular weight excluding hydrogens is 661 g/mol. The van der Waals surface area contributed by atoms with Gasteiger partial charge in [0.1, 0.15) is 21.5 Å². The fraction of sp³-hybridized carbons (Fsp3) is 0. The van der Waals surface area contributed by atoms with Crippen molar-refractivity contribution in [3.63, 3.8) is 0 Å². The van der Waals surface area contributed by atoms with Gasteiger partial charge >= 0.3 is 0 Å². The standard InChI is InChI=1S/C46H26N2OS2/c1-3-22-40-34(14-1)36-19-7-16-31(43(36)49-40)27-10-5-11-28(24-27)33-18-9-21-38-42-46(51-45(33)38)47-26-39(48-42)30-13-6-12-29(25-30)32-17-8-20-37-35-15-2-4-23-41(35)50-44(32)37/h1-26H. The molecule has 4 aromatic heterocycles. The molecule has 0 radical (unpaired) electrons. The molecule has 0 bridgehead atoms. The van der Waals surface area contributed by atoms with Gasteiger partial charge in [0, 0.05) is 52.2 Å². The highest BCUT2D eigenvalue weighted by atomic mass is 32.1. The molecule has 0 aliphatic carbocycles. The van der Waals surface area contributed by atoms with E-state index in [9.17, 15) is 0 Å². The predicted molar refractivity (Wildman–Crippen MR) is 217 cm³/mol. The lowest BCUT2D eigenvalue weighted by molar-refractivity contribution is 0.670. The molecule has 7 aromatic carbocycles. The molecule has 51 heavy (non-hydrogen) atoms. The van der Waals surface area contributed by atoms with Crippen molar-refractivity contribution in [3.05, 3.63) is 158 Å².